The van der Waals surface area contributed by atoms with Gasteiger partial charge in [0.1, 0.15) is 11.6 Å². The Morgan fingerprint density at radius 1 is 1.59 bits per heavy atom. The van der Waals surface area contributed by atoms with Crippen LogP contribution in [0.25, 0.3) is 0 Å². The highest BCUT2D eigenvalue weighted by atomic mass is 19.1. The molecule has 2 N–H and O–H groups in total. The molecule has 1 aromatic carbocycles. The number of carbonyl (C=O) groups is 1. The highest BCUT2D eigenvalue weighted by Gasteiger charge is 2.11. The van der Waals surface area contributed by atoms with Crippen LogP contribution in [-0.4, -0.2) is 20.9 Å². The molecule has 0 spiro atoms. The molecule has 7 heteroatoms. The predicted molar refractivity (Wildman–Crippen MR) is 54.0 cm³/mol. The number of carbonyl (C=O) groups excluding carboxylic acids is 1. The fourth-order valence-electron chi connectivity index (χ4n) is 0.942. The molecule has 1 amide bonds. The van der Waals surface area contributed by atoms with E-state index in [0.29, 0.717) is 0 Å². The van der Waals surface area contributed by atoms with E-state index in [-0.39, 0.29) is 4.68 Å². The van der Waals surface area contributed by atoms with Gasteiger partial charge in [-0.25, -0.2) is 13.5 Å². The Bertz CT molecular complexity index is 842. The van der Waals surface area contributed by atoms with Crippen molar-refractivity contribution in [2.45, 2.75) is 6.50 Å². The topological polar surface area (TPSA) is 73.8 Å². The van der Waals surface area contributed by atoms with Gasteiger partial charge in [-0.05, 0) is 12.1 Å². The van der Waals surface area contributed by atoms with E-state index in [1.807, 2.05) is 0 Å². The molecule has 0 aliphatic heterocycles. The average molecular weight is 246 g/mol. The zero-order chi connectivity index (χ0) is 19.3. The van der Waals surface area contributed by atoms with Crippen LogP contribution in [0.15, 0.2) is 24.3 Å². The van der Waals surface area contributed by atoms with E-state index in [0.717, 1.165) is 0 Å². The van der Waals surface area contributed by atoms with Crippen LogP contribution in [0.3, 0.4) is 0 Å². The summed E-state index contributed by atoms with van der Waals surface area (Å²) in [6.45, 7) is -3.29. The number of primary amides is 1. The number of hydrogen-bond acceptors (Lipinski definition) is 3. The number of amides is 1. The third kappa shape index (κ3) is 2.27. The van der Waals surface area contributed by atoms with E-state index >= 15 is 0 Å². The van der Waals surface area contributed by atoms with Crippen molar-refractivity contribution in [1.29, 1.82) is 0 Å². The maximum absolute atomic E-state index is 14.2. The monoisotopic (exact) mass is 246 g/mol. The fourth-order valence-corrected chi connectivity index (χ4v) is 0.942. The van der Waals surface area contributed by atoms with Crippen LogP contribution < -0.4 is 5.72 Å². The summed E-state index contributed by atoms with van der Waals surface area (Å²) in [5.74, 6) is -4.97. The first-order valence-electron chi connectivity index (χ1n) is 8.02. The molecule has 5 nitrogen and oxygen atoms in total. The molecule has 0 fully saturated rings. The number of rotatable bonds is 3. The van der Waals surface area contributed by atoms with Gasteiger partial charge in [0, 0.05) is 5.56 Å². The minimum absolute atomic E-state index is 0.00766. The molecule has 0 saturated carbocycles. The van der Waals surface area contributed by atoms with Crippen molar-refractivity contribution in [2.75, 3.05) is 0 Å². The highest BCUT2D eigenvalue weighted by Crippen LogP contribution is 2.13. The fraction of sp³-hybridized carbons (Fsp3) is 0.100. The summed E-state index contributed by atoms with van der Waals surface area (Å²) in [7, 11) is 0. The quantitative estimate of drug-likeness (QED) is 0.866. The van der Waals surface area contributed by atoms with Gasteiger partial charge in [0.2, 0.25) is 0 Å². The van der Waals surface area contributed by atoms with Crippen LogP contribution in [0.5, 0.6) is 0 Å². The van der Waals surface area contributed by atoms with Crippen molar-refractivity contribution in [3.63, 3.8) is 0 Å². The SMILES string of the molecule is [2H]c1c([2H])c(F)c(C([2H])([2H])n2nnc(C(=O)N([2H])[2H])c2[2H])c(F)c1[2H]. The van der Waals surface area contributed by atoms with Gasteiger partial charge >= 0.3 is 0 Å². The minimum atomic E-state index is -3.29. The number of nitrogens with zero attached hydrogens (tertiary/aromatic N) is 3. The van der Waals surface area contributed by atoms with E-state index in [1.54, 1.807) is 0 Å². The van der Waals surface area contributed by atoms with Crippen LogP contribution in [0.2, 0.25) is 2.82 Å². The molecule has 0 aliphatic rings. The molecule has 0 radical (unpaired) electrons. The van der Waals surface area contributed by atoms with E-state index in [9.17, 15) is 13.6 Å². The third-order valence-electron chi connectivity index (χ3n) is 1.65. The van der Waals surface area contributed by atoms with Gasteiger partial charge < -0.3 is 5.72 Å². The van der Waals surface area contributed by atoms with Crippen molar-refractivity contribution in [3.05, 3.63) is 47.2 Å². The molecule has 1 aromatic heterocycles. The molecule has 0 saturated heterocycles. The number of halogens is 2. The molecule has 88 valence electrons. The van der Waals surface area contributed by atoms with Gasteiger partial charge in [-0.3, -0.25) is 4.79 Å². The molecule has 0 aliphatic carbocycles. The van der Waals surface area contributed by atoms with Gasteiger partial charge in [0.15, 0.2) is 8.52 Å². The van der Waals surface area contributed by atoms with Crippen LogP contribution in [0.4, 0.5) is 8.78 Å². The standard InChI is InChI=1S/C10H8F2N4O/c11-7-2-1-3-8(12)6(7)4-16-5-9(10(13)17)14-15-16/h1-3,5H,4H2,(H2,13,17)/i1D,2D,3D,4D2,5D/hD2. The van der Waals surface area contributed by atoms with Gasteiger partial charge in [0.25, 0.3) is 5.91 Å². The van der Waals surface area contributed by atoms with Crippen LogP contribution >= 0.6 is 0 Å². The lowest BCUT2D eigenvalue weighted by Gasteiger charge is -2.03. The first-order valence-corrected chi connectivity index (χ1v) is 4.13. The molecule has 0 atom stereocenters. The Balaban J connectivity index is 2.72. The summed E-state index contributed by atoms with van der Waals surface area (Å²) >= 11 is 0. The van der Waals surface area contributed by atoms with Gasteiger partial charge in [-0.15, -0.1) is 5.10 Å². The van der Waals surface area contributed by atoms with Crippen molar-refractivity contribution >= 4 is 5.91 Å². The highest BCUT2D eigenvalue weighted by molar-refractivity contribution is 5.90. The van der Waals surface area contributed by atoms with Crippen molar-refractivity contribution in [3.8, 4) is 0 Å². The zero-order valence-electron chi connectivity index (χ0n) is 16.0. The number of hydrogen-bond donors (Lipinski definition) is 1. The first kappa shape index (κ1) is 4.91. The smallest absolute Gasteiger partial charge is 0.270 e. The number of benzene rings is 1. The maximum Gasteiger partial charge on any atom is 0.270 e. The van der Waals surface area contributed by atoms with Crippen LogP contribution in [0.1, 0.15) is 24.3 Å². The predicted octanol–water partition coefficient (Wildman–Crippen LogP) is 0.704. The Kier molecular flexibility index (Phi) is 1.24. The average Bonchev–Trinajstić information content (AvgIpc) is 2.92. The molecule has 17 heavy (non-hydrogen) atoms. The summed E-state index contributed by atoms with van der Waals surface area (Å²) in [6, 6.07) is -3.54. The molecule has 0 bridgehead atoms. The lowest BCUT2D eigenvalue weighted by atomic mass is 10.2. The summed E-state index contributed by atoms with van der Waals surface area (Å²) in [5.41, 5.74) is -2.81. The van der Waals surface area contributed by atoms with Crippen LogP contribution in [-0.2, 0) is 6.50 Å². The largest absolute Gasteiger partial charge is 0.364 e. The lowest BCUT2D eigenvalue weighted by molar-refractivity contribution is 0.0995. The van der Waals surface area contributed by atoms with Crippen molar-refractivity contribution in [1.82, 2.24) is 15.0 Å². The summed E-state index contributed by atoms with van der Waals surface area (Å²) in [5, 5.41) is 6.25. The Labute approximate surface area is 106 Å². The summed E-state index contributed by atoms with van der Waals surface area (Å²) < 4.78 is 87.2. The van der Waals surface area contributed by atoms with Crippen LogP contribution in [0, 0.1) is 11.6 Å². The van der Waals surface area contributed by atoms with E-state index in [4.69, 9.17) is 11.0 Å². The first-order chi connectivity index (χ1) is 11.4. The second kappa shape index (κ2) is 4.28. The van der Waals surface area contributed by atoms with E-state index in [2.05, 4.69) is 10.3 Å². The zero-order valence-corrected chi connectivity index (χ0v) is 7.95. The Morgan fingerprint density at radius 3 is 2.94 bits per heavy atom. The molecular weight excluding hydrogens is 230 g/mol. The van der Waals surface area contributed by atoms with Gasteiger partial charge in [0.05, 0.1) is 20.9 Å². The maximum atomic E-state index is 14.2. The summed E-state index contributed by atoms with van der Waals surface area (Å²) in [4.78, 5) is 11.5. The third-order valence-corrected chi connectivity index (χ3v) is 1.65. The molecule has 0 unspecified atom stereocenters. The van der Waals surface area contributed by atoms with Gasteiger partial charge in [-0.1, -0.05) is 11.3 Å². The minimum Gasteiger partial charge on any atom is -0.364 e. The molecule has 2 rings (SSSR count). The summed E-state index contributed by atoms with van der Waals surface area (Å²) in [6.07, 6.45) is -1.08. The van der Waals surface area contributed by atoms with Gasteiger partial charge in [-0.2, -0.15) is 0 Å². The Hall–Kier alpha value is -2.31. The molecule has 2 aromatic rings. The Morgan fingerprint density at radius 2 is 2.29 bits per heavy atom. The van der Waals surface area contributed by atoms with E-state index < -0.39 is 65.3 Å². The second-order valence-corrected chi connectivity index (χ2v) is 2.76. The molecular formula is C10H8F2N4O. The van der Waals surface area contributed by atoms with E-state index in [1.165, 1.54) is 0 Å². The molecule has 1 heterocycles. The normalized spacial score (nSPS) is 17.8. The second-order valence-electron chi connectivity index (χ2n) is 2.76. The van der Waals surface area contributed by atoms with Crippen molar-refractivity contribution < 1.29 is 24.6 Å². The number of nitrogens with two attached hydrogens (primary N) is 1. The van der Waals surface area contributed by atoms with Crippen molar-refractivity contribution in [2.24, 2.45) is 5.72 Å². The number of aromatic nitrogens is 3. The lowest BCUT2D eigenvalue weighted by Crippen LogP contribution is -2.11.